The molecule has 0 heterocycles. The van der Waals surface area contributed by atoms with Crippen molar-refractivity contribution >= 4 is 12.1 Å². The van der Waals surface area contributed by atoms with Gasteiger partial charge in [-0.2, -0.15) is 5.10 Å². The number of amides is 1. The van der Waals surface area contributed by atoms with E-state index < -0.39 is 5.91 Å². The van der Waals surface area contributed by atoms with Gasteiger partial charge in [0.15, 0.2) is 6.21 Å². The highest BCUT2D eigenvalue weighted by molar-refractivity contribution is 6.25. The lowest BCUT2D eigenvalue weighted by Gasteiger charge is -1.68. The van der Waals surface area contributed by atoms with E-state index in [4.69, 9.17) is 0 Å². The molecule has 0 aliphatic heterocycles. The zero-order chi connectivity index (χ0) is 4.99. The molecule has 0 saturated heterocycles. The first-order valence-electron chi connectivity index (χ1n) is 1.22. The maximum absolute atomic E-state index is 9.54. The summed E-state index contributed by atoms with van der Waals surface area (Å²) in [6, 6.07) is 0. The van der Waals surface area contributed by atoms with Crippen LogP contribution in [0.4, 0.5) is 0 Å². The van der Waals surface area contributed by atoms with E-state index in [-0.39, 0.29) is 0 Å². The fraction of sp³-hybridized carbons (Fsp3) is 0. The van der Waals surface area contributed by atoms with Crippen LogP contribution in [-0.4, -0.2) is 12.1 Å². The van der Waals surface area contributed by atoms with Crippen molar-refractivity contribution in [3.05, 3.63) is 0 Å². The fourth-order valence-electron chi connectivity index (χ4n) is 0.0636. The van der Waals surface area contributed by atoms with Crippen LogP contribution in [0.25, 0.3) is 0 Å². The molecule has 33 valence electrons. The second-order valence-corrected chi connectivity index (χ2v) is 0.605. The molecule has 0 atom stereocenters. The van der Waals surface area contributed by atoms with Gasteiger partial charge in [0, 0.05) is 0 Å². The molecule has 0 aromatic carbocycles. The highest BCUT2D eigenvalue weighted by Gasteiger charge is 1.78. The Kier molecular flexibility index (Phi) is 1.81. The summed E-state index contributed by atoms with van der Waals surface area (Å²) in [5, 5.41) is 2.71. The molecule has 0 rings (SSSR count). The van der Waals surface area contributed by atoms with Crippen molar-refractivity contribution in [2.24, 2.45) is 16.7 Å². The summed E-state index contributed by atoms with van der Waals surface area (Å²) in [7, 11) is 0. The van der Waals surface area contributed by atoms with Gasteiger partial charge in [-0.05, 0) is 0 Å². The van der Waals surface area contributed by atoms with Gasteiger partial charge in [-0.1, -0.05) is 0 Å². The molecule has 1 amide bonds. The van der Waals surface area contributed by atoms with Crippen LogP contribution in [0.2, 0.25) is 0 Å². The zero-order valence-electron chi connectivity index (χ0n) is 3.01. The number of rotatable bonds is 1. The predicted molar refractivity (Wildman–Crippen MR) is 20.8 cm³/mol. The summed E-state index contributed by atoms with van der Waals surface area (Å²) in [5.41, 5.74) is 4.48. The SMILES string of the molecule is N/N=[C]/C(N)=O. The van der Waals surface area contributed by atoms with E-state index in [9.17, 15) is 4.79 Å². The maximum atomic E-state index is 9.54. The third-order valence-corrected chi connectivity index (χ3v) is 0.175. The summed E-state index contributed by atoms with van der Waals surface area (Å²) in [5.74, 6) is 3.69. The van der Waals surface area contributed by atoms with Crippen LogP contribution in [0.5, 0.6) is 0 Å². The van der Waals surface area contributed by atoms with Gasteiger partial charge in [-0.3, -0.25) is 4.79 Å². The van der Waals surface area contributed by atoms with Crippen LogP contribution in [0.15, 0.2) is 5.10 Å². The number of primary amides is 1. The van der Waals surface area contributed by atoms with E-state index in [2.05, 4.69) is 16.7 Å². The number of nitrogens with two attached hydrogens (primary N) is 2. The summed E-state index contributed by atoms with van der Waals surface area (Å²) in [6.45, 7) is 0. The molecule has 4 N–H and O–H groups in total. The lowest BCUT2D eigenvalue weighted by atomic mass is 10.7. The Morgan fingerprint density at radius 2 is 2.33 bits per heavy atom. The van der Waals surface area contributed by atoms with Gasteiger partial charge < -0.3 is 11.6 Å². The Balaban J connectivity index is 3.30. The normalized spacial score (nSPS) is 9.33. The van der Waals surface area contributed by atoms with E-state index >= 15 is 0 Å². The van der Waals surface area contributed by atoms with E-state index in [1.54, 1.807) is 6.21 Å². The number of carbonyl (C=O) groups excluding carboxylic acids is 1. The molecule has 0 unspecified atom stereocenters. The predicted octanol–water partition coefficient (Wildman–Crippen LogP) is -1.71. The largest absolute Gasteiger partial charge is 0.364 e. The van der Waals surface area contributed by atoms with Crippen LogP contribution in [0, 0.1) is 0 Å². The molecular formula is C2H4N3O. The molecule has 4 nitrogen and oxygen atoms in total. The van der Waals surface area contributed by atoms with Gasteiger partial charge in [0.25, 0.3) is 5.91 Å². The first kappa shape index (κ1) is 4.94. The molecule has 0 aromatic rings. The monoisotopic (exact) mass is 86.0 g/mol. The minimum atomic E-state index is -0.752. The highest BCUT2D eigenvalue weighted by Crippen LogP contribution is 1.40. The lowest BCUT2D eigenvalue weighted by Crippen LogP contribution is -2.12. The zero-order valence-corrected chi connectivity index (χ0v) is 3.01. The van der Waals surface area contributed by atoms with Crippen LogP contribution >= 0.6 is 0 Å². The highest BCUT2D eigenvalue weighted by atomic mass is 16.1. The van der Waals surface area contributed by atoms with Gasteiger partial charge in [0.2, 0.25) is 0 Å². The lowest BCUT2D eigenvalue weighted by molar-refractivity contribution is -0.111. The average Bonchev–Trinajstić information content (AvgIpc) is 1.35. The Morgan fingerprint density at radius 3 is 2.33 bits per heavy atom. The van der Waals surface area contributed by atoms with Crippen LogP contribution in [0.1, 0.15) is 0 Å². The smallest absolute Gasteiger partial charge is 0.271 e. The minimum absolute atomic E-state index is 0.752. The van der Waals surface area contributed by atoms with Crippen LogP contribution in [-0.2, 0) is 4.79 Å². The Labute approximate surface area is 34.8 Å². The average molecular weight is 86.1 g/mol. The van der Waals surface area contributed by atoms with Gasteiger partial charge in [-0.15, -0.1) is 0 Å². The fourth-order valence-corrected chi connectivity index (χ4v) is 0.0636. The summed E-state index contributed by atoms with van der Waals surface area (Å²) in [4.78, 5) is 9.54. The van der Waals surface area contributed by atoms with Gasteiger partial charge in [-0.25, -0.2) is 0 Å². The third-order valence-electron chi connectivity index (χ3n) is 0.175. The summed E-state index contributed by atoms with van der Waals surface area (Å²) < 4.78 is 0. The molecule has 0 bridgehead atoms. The van der Waals surface area contributed by atoms with Crippen molar-refractivity contribution in [2.75, 3.05) is 0 Å². The summed E-state index contributed by atoms with van der Waals surface area (Å²) >= 11 is 0. The van der Waals surface area contributed by atoms with E-state index in [1.165, 1.54) is 0 Å². The maximum Gasteiger partial charge on any atom is 0.271 e. The molecule has 0 aliphatic rings. The molecule has 0 aromatic heterocycles. The standard InChI is InChI=1S/C2H4N3O/c3-2(6)1-5-4/h4H2,(H2,3,6). The second kappa shape index (κ2) is 2.19. The van der Waals surface area contributed by atoms with E-state index in [1.807, 2.05) is 0 Å². The molecule has 1 radical (unpaired) electrons. The van der Waals surface area contributed by atoms with Gasteiger partial charge in [0.05, 0.1) is 0 Å². The Hall–Kier alpha value is -1.06. The molecule has 0 spiro atoms. The molecule has 4 heteroatoms. The van der Waals surface area contributed by atoms with E-state index in [0.29, 0.717) is 0 Å². The van der Waals surface area contributed by atoms with Gasteiger partial charge >= 0.3 is 0 Å². The number of hydrogen-bond acceptors (Lipinski definition) is 3. The number of carbonyl (C=O) groups is 1. The minimum Gasteiger partial charge on any atom is -0.364 e. The first-order chi connectivity index (χ1) is 2.77. The van der Waals surface area contributed by atoms with Crippen molar-refractivity contribution in [2.45, 2.75) is 0 Å². The topological polar surface area (TPSA) is 81.5 Å². The van der Waals surface area contributed by atoms with E-state index in [0.717, 1.165) is 0 Å². The number of nitrogens with zero attached hydrogens (tertiary/aromatic N) is 1. The van der Waals surface area contributed by atoms with Crippen LogP contribution < -0.4 is 11.6 Å². The Bertz CT molecular complexity index is 76.9. The second-order valence-electron chi connectivity index (χ2n) is 0.605. The quantitative estimate of drug-likeness (QED) is 0.226. The third kappa shape index (κ3) is 2.94. The summed E-state index contributed by atoms with van der Waals surface area (Å²) in [6.07, 6.45) is 1.75. The first-order valence-corrected chi connectivity index (χ1v) is 1.22. The number of hydrazone groups is 1. The number of hydrogen-bond donors (Lipinski definition) is 2. The molecular weight excluding hydrogens is 82.0 g/mol. The van der Waals surface area contributed by atoms with Gasteiger partial charge in [0.1, 0.15) is 0 Å². The molecule has 0 fully saturated rings. The van der Waals surface area contributed by atoms with Crippen molar-refractivity contribution in [1.82, 2.24) is 0 Å². The molecule has 0 aliphatic carbocycles. The van der Waals surface area contributed by atoms with Crippen molar-refractivity contribution in [1.29, 1.82) is 0 Å². The van der Waals surface area contributed by atoms with Crippen molar-refractivity contribution in [3.63, 3.8) is 0 Å². The molecule has 6 heavy (non-hydrogen) atoms. The molecule has 0 saturated carbocycles. The van der Waals surface area contributed by atoms with Crippen molar-refractivity contribution in [3.8, 4) is 0 Å². The van der Waals surface area contributed by atoms with Crippen LogP contribution in [0.3, 0.4) is 0 Å². The van der Waals surface area contributed by atoms with Crippen molar-refractivity contribution < 1.29 is 4.79 Å². The Morgan fingerprint density at radius 1 is 1.83 bits per heavy atom.